The van der Waals surface area contributed by atoms with Gasteiger partial charge in [0.1, 0.15) is 11.6 Å². The van der Waals surface area contributed by atoms with Crippen LogP contribution in [0.5, 0.6) is 0 Å². The minimum atomic E-state index is -0.981. The maximum absolute atomic E-state index is 13.9. The first-order chi connectivity index (χ1) is 20.5. The quantitative estimate of drug-likeness (QED) is 0.134. The molecule has 3 aromatic carbocycles. The lowest BCUT2D eigenvalue weighted by Gasteiger charge is -2.29. The lowest BCUT2D eigenvalue weighted by Crippen LogP contribution is -2.51. The first-order valence-corrected chi connectivity index (χ1v) is 14.0. The highest BCUT2D eigenvalue weighted by Crippen LogP contribution is 2.24. The number of hydrogen-bond acceptors (Lipinski definition) is 7. The summed E-state index contributed by atoms with van der Waals surface area (Å²) in [6, 6.07) is 18.3. The molecule has 0 aliphatic heterocycles. The van der Waals surface area contributed by atoms with Crippen LogP contribution >= 0.6 is 0 Å². The fourth-order valence-corrected chi connectivity index (χ4v) is 4.35. The number of aliphatic hydroxyl groups excluding tert-OH is 3. The van der Waals surface area contributed by atoms with Crippen molar-refractivity contribution in [2.24, 2.45) is 0 Å². The van der Waals surface area contributed by atoms with E-state index in [1.165, 1.54) is 11.1 Å². The molecule has 43 heavy (non-hydrogen) atoms. The van der Waals surface area contributed by atoms with E-state index in [0.29, 0.717) is 0 Å². The lowest BCUT2D eigenvalue weighted by molar-refractivity contribution is -0.143. The molecular formula is C32H39F2N3O6. The fraction of sp³-hybridized carbons (Fsp3) is 0.375. The highest BCUT2D eigenvalue weighted by Gasteiger charge is 2.25. The largest absolute Gasteiger partial charge is 0.394 e. The number of nitrogens with zero attached hydrogens (tertiary/aromatic N) is 1. The molecule has 0 spiro atoms. The van der Waals surface area contributed by atoms with E-state index in [1.54, 1.807) is 13.8 Å². The Labute approximate surface area is 250 Å². The summed E-state index contributed by atoms with van der Waals surface area (Å²) >= 11 is 0. The van der Waals surface area contributed by atoms with Crippen molar-refractivity contribution >= 4 is 11.8 Å². The predicted octanol–water partition coefficient (Wildman–Crippen LogP) is 3.20. The summed E-state index contributed by atoms with van der Waals surface area (Å²) in [7, 11) is 0. The standard InChI is InChI=1S/C32H39F2N3O6/c1-32(2,35-17-25(40)20-39)16-30(41)36-37(31(42)14-15-43-21-27-28(33)8-5-9-29(27)34)18-22-10-12-23(13-11-22)26-7-4-3-6-24(26)19-38/h3-13,25,35,38-40H,14-21H2,1-2H3,(H,36,41)/t25-/m0/s1. The maximum atomic E-state index is 13.9. The zero-order chi connectivity index (χ0) is 31.4. The highest BCUT2D eigenvalue weighted by atomic mass is 19.1. The van der Waals surface area contributed by atoms with Crippen molar-refractivity contribution in [3.8, 4) is 11.1 Å². The van der Waals surface area contributed by atoms with Crippen molar-refractivity contribution in [2.45, 2.75) is 58.1 Å². The van der Waals surface area contributed by atoms with Gasteiger partial charge >= 0.3 is 0 Å². The molecule has 0 aromatic heterocycles. The average molecular weight is 600 g/mol. The summed E-state index contributed by atoms with van der Waals surface area (Å²) in [4.78, 5) is 26.2. The van der Waals surface area contributed by atoms with Crippen molar-refractivity contribution in [2.75, 3.05) is 19.8 Å². The molecule has 0 fully saturated rings. The van der Waals surface area contributed by atoms with Gasteiger partial charge in [0.05, 0.1) is 45.5 Å². The minimum Gasteiger partial charge on any atom is -0.394 e. The van der Waals surface area contributed by atoms with E-state index in [9.17, 15) is 28.6 Å². The molecule has 0 radical (unpaired) electrons. The molecule has 9 nitrogen and oxygen atoms in total. The Bertz CT molecular complexity index is 1330. The number of β-amino-alcohol motifs (C(OH)–C–C–N with tert-alkyl or cyclic N) is 1. The van der Waals surface area contributed by atoms with Gasteiger partial charge < -0.3 is 25.4 Å². The van der Waals surface area contributed by atoms with Crippen molar-refractivity contribution in [1.82, 2.24) is 15.8 Å². The summed E-state index contributed by atoms with van der Waals surface area (Å²) in [6.07, 6.45) is -1.19. The van der Waals surface area contributed by atoms with Crippen LogP contribution < -0.4 is 10.7 Å². The van der Waals surface area contributed by atoms with Gasteiger partial charge in [-0.2, -0.15) is 0 Å². The molecule has 232 valence electrons. The molecule has 0 aliphatic rings. The molecule has 2 amide bonds. The number of carbonyl (C=O) groups is 2. The average Bonchev–Trinajstić information content (AvgIpc) is 2.99. The number of rotatable bonds is 15. The van der Waals surface area contributed by atoms with Crippen molar-refractivity contribution in [3.05, 3.63) is 95.1 Å². The van der Waals surface area contributed by atoms with Gasteiger partial charge in [0.2, 0.25) is 11.8 Å². The molecule has 0 aliphatic carbocycles. The Hall–Kier alpha value is -3.74. The van der Waals surface area contributed by atoms with Crippen LogP contribution in [0, 0.1) is 11.6 Å². The third-order valence-corrected chi connectivity index (χ3v) is 6.75. The van der Waals surface area contributed by atoms with E-state index in [4.69, 9.17) is 9.84 Å². The van der Waals surface area contributed by atoms with Gasteiger partial charge in [-0.05, 0) is 48.2 Å². The van der Waals surface area contributed by atoms with Gasteiger partial charge in [0, 0.05) is 24.1 Å². The Balaban J connectivity index is 1.69. The number of amides is 2. The molecule has 3 aromatic rings. The summed E-state index contributed by atoms with van der Waals surface area (Å²) in [5.41, 5.74) is 4.90. The van der Waals surface area contributed by atoms with Crippen LogP contribution in [0.25, 0.3) is 11.1 Å². The monoisotopic (exact) mass is 599 g/mol. The third-order valence-electron chi connectivity index (χ3n) is 6.75. The molecule has 0 saturated heterocycles. The molecule has 11 heteroatoms. The predicted molar refractivity (Wildman–Crippen MR) is 157 cm³/mol. The van der Waals surface area contributed by atoms with Crippen LogP contribution in [0.15, 0.2) is 66.7 Å². The zero-order valence-corrected chi connectivity index (χ0v) is 24.4. The second-order valence-corrected chi connectivity index (χ2v) is 10.8. The number of nitrogens with one attached hydrogen (secondary N) is 2. The van der Waals surface area contributed by atoms with Crippen molar-refractivity contribution in [3.63, 3.8) is 0 Å². The van der Waals surface area contributed by atoms with Crippen LogP contribution in [0.2, 0.25) is 0 Å². The van der Waals surface area contributed by atoms with Gasteiger partial charge in [0.15, 0.2) is 0 Å². The zero-order valence-electron chi connectivity index (χ0n) is 24.4. The van der Waals surface area contributed by atoms with Gasteiger partial charge in [-0.25, -0.2) is 13.8 Å². The van der Waals surface area contributed by atoms with Crippen LogP contribution in [0.4, 0.5) is 8.78 Å². The lowest BCUT2D eigenvalue weighted by atomic mass is 9.99. The van der Waals surface area contributed by atoms with Crippen molar-refractivity contribution < 1.29 is 38.4 Å². The molecule has 3 rings (SSSR count). The van der Waals surface area contributed by atoms with Crippen molar-refractivity contribution in [1.29, 1.82) is 0 Å². The van der Waals surface area contributed by atoms with Gasteiger partial charge in [0.25, 0.3) is 0 Å². The Morgan fingerprint density at radius 2 is 1.65 bits per heavy atom. The summed E-state index contributed by atoms with van der Waals surface area (Å²) < 4.78 is 33.2. The Morgan fingerprint density at radius 3 is 2.30 bits per heavy atom. The van der Waals surface area contributed by atoms with E-state index >= 15 is 0 Å². The molecule has 0 heterocycles. The van der Waals surface area contributed by atoms with Gasteiger partial charge in [-0.1, -0.05) is 54.6 Å². The summed E-state index contributed by atoms with van der Waals surface area (Å²) in [5, 5.41) is 32.5. The molecular weight excluding hydrogens is 560 g/mol. The molecule has 0 unspecified atom stereocenters. The number of ether oxygens (including phenoxy) is 1. The fourth-order valence-electron chi connectivity index (χ4n) is 4.35. The number of benzene rings is 3. The van der Waals surface area contributed by atoms with Crippen LogP contribution in [-0.4, -0.2) is 63.5 Å². The second kappa shape index (κ2) is 16.2. The highest BCUT2D eigenvalue weighted by molar-refractivity contribution is 5.82. The normalized spacial score (nSPS) is 12.2. The van der Waals surface area contributed by atoms with Crippen LogP contribution in [0.1, 0.15) is 43.4 Å². The number of carbonyl (C=O) groups excluding carboxylic acids is 2. The SMILES string of the molecule is CC(C)(CC(=O)NN(Cc1ccc(-c2ccccc2CO)cc1)C(=O)CCOCc1c(F)cccc1F)NC[C@H](O)CO. The van der Waals surface area contributed by atoms with Crippen LogP contribution in [-0.2, 0) is 34.1 Å². The number of halogens is 2. The first-order valence-electron chi connectivity index (χ1n) is 14.0. The van der Waals surface area contributed by atoms with E-state index in [-0.39, 0.29) is 51.3 Å². The molecule has 1 atom stereocenters. The third kappa shape index (κ3) is 10.5. The van der Waals surface area contributed by atoms with E-state index in [2.05, 4.69) is 10.7 Å². The number of aliphatic hydroxyl groups is 3. The minimum absolute atomic E-state index is 0.0333. The van der Waals surface area contributed by atoms with E-state index < -0.39 is 41.7 Å². The second-order valence-electron chi connectivity index (χ2n) is 10.8. The smallest absolute Gasteiger partial charge is 0.243 e. The Morgan fingerprint density at radius 1 is 0.977 bits per heavy atom. The van der Waals surface area contributed by atoms with Crippen LogP contribution in [0.3, 0.4) is 0 Å². The van der Waals surface area contributed by atoms with E-state index in [1.807, 2.05) is 48.5 Å². The van der Waals surface area contributed by atoms with Gasteiger partial charge in [-0.3, -0.25) is 15.0 Å². The maximum Gasteiger partial charge on any atom is 0.243 e. The molecule has 5 N–H and O–H groups in total. The summed E-state index contributed by atoms with van der Waals surface area (Å²) in [5.74, 6) is -2.42. The number of hydrazine groups is 1. The summed E-state index contributed by atoms with van der Waals surface area (Å²) in [6.45, 7) is 2.59. The van der Waals surface area contributed by atoms with Gasteiger partial charge in [-0.15, -0.1) is 0 Å². The topological polar surface area (TPSA) is 131 Å². The Kier molecular flexibility index (Phi) is 12.7. The molecule has 0 bridgehead atoms. The van der Waals surface area contributed by atoms with E-state index in [0.717, 1.165) is 34.4 Å². The first kappa shape index (κ1) is 33.8. The molecule has 0 saturated carbocycles. The number of hydrogen-bond donors (Lipinski definition) is 5.